The van der Waals surface area contributed by atoms with Crippen molar-refractivity contribution in [3.05, 3.63) is 53.6 Å². The Balaban J connectivity index is 2.11. The van der Waals surface area contributed by atoms with Gasteiger partial charge in [-0.15, -0.1) is 0 Å². The molecule has 0 aliphatic heterocycles. The van der Waals surface area contributed by atoms with E-state index in [0.717, 1.165) is 0 Å². The van der Waals surface area contributed by atoms with Gasteiger partial charge in [0.1, 0.15) is 12.4 Å². The van der Waals surface area contributed by atoms with E-state index in [4.69, 9.17) is 14.2 Å². The predicted molar refractivity (Wildman–Crippen MR) is 108 cm³/mol. The van der Waals surface area contributed by atoms with Gasteiger partial charge in [0.15, 0.2) is 11.5 Å². The van der Waals surface area contributed by atoms with Gasteiger partial charge in [-0.2, -0.15) is 8.78 Å². The normalized spacial score (nSPS) is 10.7. The molecule has 6 nitrogen and oxygen atoms in total. The van der Waals surface area contributed by atoms with Gasteiger partial charge in [-0.3, -0.25) is 4.79 Å². The Morgan fingerprint density at radius 3 is 2.43 bits per heavy atom. The molecule has 0 aliphatic rings. The van der Waals surface area contributed by atoms with E-state index in [0.29, 0.717) is 43.3 Å². The molecule has 1 amide bonds. The number of benzene rings is 2. The van der Waals surface area contributed by atoms with Crippen molar-refractivity contribution in [3.63, 3.8) is 0 Å². The molecule has 8 heteroatoms. The number of hydrogen-bond acceptors (Lipinski definition) is 5. The molecule has 0 heterocycles. The van der Waals surface area contributed by atoms with Crippen LogP contribution in [0, 0.1) is 0 Å². The quantitative estimate of drug-likeness (QED) is 0.475. The molecule has 30 heavy (non-hydrogen) atoms. The third-order valence-corrected chi connectivity index (χ3v) is 4.10. The van der Waals surface area contributed by atoms with Crippen molar-refractivity contribution < 1.29 is 32.5 Å². The summed E-state index contributed by atoms with van der Waals surface area (Å²) in [5, 5.41) is 0. The standard InChI is InChI=1S/C22H27F2NO5/c1-4-27-12-13-29-18-9-7-6-8-17(18)21(26)25(3)15-16-10-11-19(30-22(23)24)20(14-16)28-5-2/h6-11,14,22H,4-5,12-13,15H2,1-3H3. The molecule has 2 aromatic carbocycles. The first-order valence-corrected chi connectivity index (χ1v) is 9.71. The summed E-state index contributed by atoms with van der Waals surface area (Å²) >= 11 is 0. The summed E-state index contributed by atoms with van der Waals surface area (Å²) < 4.78 is 45.9. The zero-order chi connectivity index (χ0) is 21.9. The van der Waals surface area contributed by atoms with Gasteiger partial charge in [-0.25, -0.2) is 0 Å². The number of rotatable bonds is 12. The minimum Gasteiger partial charge on any atom is -0.490 e. The molecule has 0 aliphatic carbocycles. The highest BCUT2D eigenvalue weighted by Crippen LogP contribution is 2.30. The van der Waals surface area contributed by atoms with E-state index >= 15 is 0 Å². The van der Waals surface area contributed by atoms with Crippen molar-refractivity contribution >= 4 is 5.91 Å². The molecular formula is C22H27F2NO5. The van der Waals surface area contributed by atoms with E-state index in [1.165, 1.54) is 11.0 Å². The van der Waals surface area contributed by atoms with Crippen LogP contribution < -0.4 is 14.2 Å². The fourth-order valence-corrected chi connectivity index (χ4v) is 2.79. The molecule has 0 radical (unpaired) electrons. The van der Waals surface area contributed by atoms with Gasteiger partial charge in [0.05, 0.1) is 18.8 Å². The molecule has 0 saturated heterocycles. The minimum atomic E-state index is -2.95. The summed E-state index contributed by atoms with van der Waals surface area (Å²) in [4.78, 5) is 14.5. The van der Waals surface area contributed by atoms with Crippen molar-refractivity contribution in [2.45, 2.75) is 27.0 Å². The molecule has 0 bridgehead atoms. The zero-order valence-electron chi connectivity index (χ0n) is 17.4. The second-order valence-corrected chi connectivity index (χ2v) is 6.30. The Hall–Kier alpha value is -2.87. The summed E-state index contributed by atoms with van der Waals surface area (Å²) in [5.74, 6) is 0.408. The number of amides is 1. The number of carbonyl (C=O) groups is 1. The van der Waals surface area contributed by atoms with Gasteiger partial charge in [-0.05, 0) is 43.7 Å². The maximum absolute atomic E-state index is 12.9. The van der Waals surface area contributed by atoms with Crippen LogP contribution in [0.5, 0.6) is 17.2 Å². The van der Waals surface area contributed by atoms with Gasteiger partial charge in [0.25, 0.3) is 5.91 Å². The lowest BCUT2D eigenvalue weighted by molar-refractivity contribution is -0.0514. The summed E-state index contributed by atoms with van der Waals surface area (Å²) in [5.41, 5.74) is 1.14. The topological polar surface area (TPSA) is 57.2 Å². The summed E-state index contributed by atoms with van der Waals surface area (Å²) in [6.07, 6.45) is 0. The summed E-state index contributed by atoms with van der Waals surface area (Å²) in [7, 11) is 1.66. The van der Waals surface area contributed by atoms with Crippen molar-refractivity contribution in [2.75, 3.05) is 33.5 Å². The number of halogens is 2. The first kappa shape index (κ1) is 23.4. The maximum atomic E-state index is 12.9. The van der Waals surface area contributed by atoms with E-state index < -0.39 is 6.61 Å². The molecular weight excluding hydrogens is 396 g/mol. The maximum Gasteiger partial charge on any atom is 0.387 e. The van der Waals surface area contributed by atoms with Crippen molar-refractivity contribution in [1.29, 1.82) is 0 Å². The molecule has 0 N–H and O–H groups in total. The second kappa shape index (κ2) is 12.0. The van der Waals surface area contributed by atoms with Gasteiger partial charge in [0, 0.05) is 20.2 Å². The fraction of sp³-hybridized carbons (Fsp3) is 0.409. The minimum absolute atomic E-state index is 0.0439. The first-order valence-electron chi connectivity index (χ1n) is 9.71. The van der Waals surface area contributed by atoms with Crippen LogP contribution in [0.25, 0.3) is 0 Å². The Kier molecular flexibility index (Phi) is 9.34. The highest BCUT2D eigenvalue weighted by molar-refractivity contribution is 5.96. The van der Waals surface area contributed by atoms with Crippen LogP contribution in [0.4, 0.5) is 8.78 Å². The fourth-order valence-electron chi connectivity index (χ4n) is 2.79. The molecule has 2 aromatic rings. The molecule has 2 rings (SSSR count). The third-order valence-electron chi connectivity index (χ3n) is 4.10. The van der Waals surface area contributed by atoms with Gasteiger partial charge < -0.3 is 23.8 Å². The zero-order valence-corrected chi connectivity index (χ0v) is 17.4. The second-order valence-electron chi connectivity index (χ2n) is 6.30. The lowest BCUT2D eigenvalue weighted by Gasteiger charge is -2.20. The first-order chi connectivity index (χ1) is 14.5. The molecule has 0 aromatic heterocycles. The number of alkyl halides is 2. The van der Waals surface area contributed by atoms with E-state index in [9.17, 15) is 13.6 Å². The van der Waals surface area contributed by atoms with E-state index in [2.05, 4.69) is 4.74 Å². The van der Waals surface area contributed by atoms with Crippen LogP contribution >= 0.6 is 0 Å². The van der Waals surface area contributed by atoms with Crippen molar-refractivity contribution in [2.24, 2.45) is 0 Å². The van der Waals surface area contributed by atoms with E-state index in [1.54, 1.807) is 50.4 Å². The number of ether oxygens (including phenoxy) is 4. The number of carbonyl (C=O) groups excluding carboxylic acids is 1. The molecule has 0 atom stereocenters. The van der Waals surface area contributed by atoms with Crippen LogP contribution in [-0.4, -0.2) is 50.9 Å². The third kappa shape index (κ3) is 6.88. The molecule has 164 valence electrons. The monoisotopic (exact) mass is 423 g/mol. The number of para-hydroxylation sites is 1. The van der Waals surface area contributed by atoms with Crippen LogP contribution in [-0.2, 0) is 11.3 Å². The van der Waals surface area contributed by atoms with E-state index in [-0.39, 0.29) is 24.0 Å². The highest BCUT2D eigenvalue weighted by Gasteiger charge is 2.18. The smallest absolute Gasteiger partial charge is 0.387 e. The highest BCUT2D eigenvalue weighted by atomic mass is 19.3. The largest absolute Gasteiger partial charge is 0.490 e. The Morgan fingerprint density at radius 1 is 0.967 bits per heavy atom. The van der Waals surface area contributed by atoms with Crippen LogP contribution in [0.2, 0.25) is 0 Å². The van der Waals surface area contributed by atoms with Gasteiger partial charge >= 0.3 is 6.61 Å². The van der Waals surface area contributed by atoms with Crippen LogP contribution in [0.3, 0.4) is 0 Å². The van der Waals surface area contributed by atoms with Crippen LogP contribution in [0.1, 0.15) is 29.8 Å². The van der Waals surface area contributed by atoms with Crippen LogP contribution in [0.15, 0.2) is 42.5 Å². The molecule has 0 unspecified atom stereocenters. The van der Waals surface area contributed by atoms with Crippen molar-refractivity contribution in [3.8, 4) is 17.2 Å². The number of nitrogens with zero attached hydrogens (tertiary/aromatic N) is 1. The lowest BCUT2D eigenvalue weighted by Crippen LogP contribution is -2.27. The Morgan fingerprint density at radius 2 is 1.73 bits per heavy atom. The number of hydrogen-bond donors (Lipinski definition) is 0. The average Bonchev–Trinajstić information content (AvgIpc) is 2.72. The predicted octanol–water partition coefficient (Wildman–Crippen LogP) is 4.37. The average molecular weight is 423 g/mol. The van der Waals surface area contributed by atoms with Gasteiger partial charge in [0.2, 0.25) is 0 Å². The summed E-state index contributed by atoms with van der Waals surface area (Å²) in [6.45, 7) is 2.61. The van der Waals surface area contributed by atoms with Gasteiger partial charge in [-0.1, -0.05) is 18.2 Å². The van der Waals surface area contributed by atoms with Crippen molar-refractivity contribution in [1.82, 2.24) is 4.90 Å². The molecule has 0 fully saturated rings. The lowest BCUT2D eigenvalue weighted by atomic mass is 10.1. The molecule has 0 saturated carbocycles. The Bertz CT molecular complexity index is 816. The summed E-state index contributed by atoms with van der Waals surface area (Å²) in [6, 6.07) is 11.6. The SMILES string of the molecule is CCOCCOc1ccccc1C(=O)N(C)Cc1ccc(OC(F)F)c(OCC)c1. The Labute approximate surface area is 175 Å². The molecule has 0 spiro atoms. The van der Waals surface area contributed by atoms with E-state index in [1.807, 2.05) is 6.92 Å².